The summed E-state index contributed by atoms with van der Waals surface area (Å²) in [4.78, 5) is 12.4. The van der Waals surface area contributed by atoms with Crippen molar-refractivity contribution in [3.05, 3.63) is 0 Å². The smallest absolute Gasteiger partial charge is 0.326 e. The molecule has 21 heavy (non-hydrogen) atoms. The second-order valence-corrected chi connectivity index (χ2v) is 6.55. The second kappa shape index (κ2) is 6.63. The zero-order valence-corrected chi connectivity index (χ0v) is 12.9. The van der Waals surface area contributed by atoms with Crippen molar-refractivity contribution in [2.45, 2.75) is 75.7 Å². The highest BCUT2D eigenvalue weighted by Gasteiger charge is 2.49. The minimum absolute atomic E-state index is 0.0971. The molecule has 5 heteroatoms. The van der Waals surface area contributed by atoms with Gasteiger partial charge in [0.15, 0.2) is 0 Å². The molecule has 3 aliphatic rings. The fraction of sp³-hybridized carbons (Fsp3) is 0.938. The minimum Gasteiger partial charge on any atom is -0.465 e. The molecule has 3 fully saturated rings. The Kier molecular flexibility index (Phi) is 4.82. The summed E-state index contributed by atoms with van der Waals surface area (Å²) in [5.74, 6) is -0.0971. The first-order valence-corrected chi connectivity index (χ1v) is 8.40. The van der Waals surface area contributed by atoms with Crippen molar-refractivity contribution >= 4 is 5.97 Å². The molecule has 3 atom stereocenters. The van der Waals surface area contributed by atoms with Crippen LogP contribution in [-0.2, 0) is 19.0 Å². The summed E-state index contributed by atoms with van der Waals surface area (Å²) in [5, 5.41) is 3.52. The van der Waals surface area contributed by atoms with Crippen LogP contribution in [-0.4, -0.2) is 49.6 Å². The topological polar surface area (TPSA) is 56.8 Å². The van der Waals surface area contributed by atoms with Gasteiger partial charge in [-0.05, 0) is 45.4 Å². The molecular formula is C16H27NO4. The highest BCUT2D eigenvalue weighted by atomic mass is 16.5. The van der Waals surface area contributed by atoms with Gasteiger partial charge in [-0.2, -0.15) is 0 Å². The van der Waals surface area contributed by atoms with Gasteiger partial charge in [0.05, 0.1) is 25.4 Å². The number of rotatable bonds is 7. The van der Waals surface area contributed by atoms with Crippen molar-refractivity contribution in [2.75, 3.05) is 19.8 Å². The van der Waals surface area contributed by atoms with Gasteiger partial charge in [0, 0.05) is 19.1 Å². The molecule has 3 unspecified atom stereocenters. The van der Waals surface area contributed by atoms with Crippen molar-refractivity contribution in [3.8, 4) is 0 Å². The first-order chi connectivity index (χ1) is 10.2. The Hall–Kier alpha value is -0.650. The molecule has 0 bridgehead atoms. The van der Waals surface area contributed by atoms with Gasteiger partial charge >= 0.3 is 5.97 Å². The third-order valence-electron chi connectivity index (χ3n) is 4.73. The Labute approximate surface area is 126 Å². The van der Waals surface area contributed by atoms with E-state index in [-0.39, 0.29) is 18.2 Å². The monoisotopic (exact) mass is 297 g/mol. The quantitative estimate of drug-likeness (QED) is 0.726. The van der Waals surface area contributed by atoms with E-state index in [0.717, 1.165) is 38.7 Å². The van der Waals surface area contributed by atoms with Crippen LogP contribution in [0.15, 0.2) is 0 Å². The third-order valence-corrected chi connectivity index (χ3v) is 4.73. The van der Waals surface area contributed by atoms with Crippen molar-refractivity contribution in [2.24, 2.45) is 0 Å². The molecule has 3 rings (SSSR count). The third kappa shape index (κ3) is 3.76. The molecule has 1 heterocycles. The normalized spacial score (nSPS) is 36.0. The SMILES string of the molecule is CCOC(=O)C1(NC2CC2)CCC(OCC2CCCO2)C1. The Morgan fingerprint density at radius 2 is 2.19 bits per heavy atom. The van der Waals surface area contributed by atoms with Crippen LogP contribution in [0.4, 0.5) is 0 Å². The summed E-state index contributed by atoms with van der Waals surface area (Å²) >= 11 is 0. The molecule has 5 nitrogen and oxygen atoms in total. The lowest BCUT2D eigenvalue weighted by Crippen LogP contribution is -2.52. The highest BCUT2D eigenvalue weighted by Crippen LogP contribution is 2.36. The van der Waals surface area contributed by atoms with Crippen LogP contribution in [0, 0.1) is 0 Å². The lowest BCUT2D eigenvalue weighted by molar-refractivity contribution is -0.151. The maximum absolute atomic E-state index is 12.4. The maximum atomic E-state index is 12.4. The summed E-state index contributed by atoms with van der Waals surface area (Å²) in [7, 11) is 0. The first kappa shape index (κ1) is 15.3. The minimum atomic E-state index is -0.515. The summed E-state index contributed by atoms with van der Waals surface area (Å²) in [5.41, 5.74) is -0.515. The Bertz CT molecular complexity index is 365. The number of esters is 1. The summed E-state index contributed by atoms with van der Waals surface area (Å²) < 4.78 is 16.9. The van der Waals surface area contributed by atoms with Crippen LogP contribution in [0.5, 0.6) is 0 Å². The number of nitrogens with one attached hydrogen (secondary N) is 1. The number of hydrogen-bond acceptors (Lipinski definition) is 5. The molecule has 2 saturated carbocycles. The van der Waals surface area contributed by atoms with E-state index in [9.17, 15) is 4.79 Å². The average molecular weight is 297 g/mol. The van der Waals surface area contributed by atoms with E-state index in [1.807, 2.05) is 6.92 Å². The van der Waals surface area contributed by atoms with Crippen LogP contribution >= 0.6 is 0 Å². The standard InChI is InChI=1S/C16H27NO4/c1-2-19-15(18)16(17-12-5-6-12)8-7-13(10-16)21-11-14-4-3-9-20-14/h12-14,17H,2-11H2,1H3. The van der Waals surface area contributed by atoms with Gasteiger partial charge in [0.25, 0.3) is 0 Å². The largest absolute Gasteiger partial charge is 0.465 e. The molecule has 1 aliphatic heterocycles. The van der Waals surface area contributed by atoms with Gasteiger partial charge in [0.2, 0.25) is 0 Å². The zero-order valence-electron chi connectivity index (χ0n) is 12.9. The van der Waals surface area contributed by atoms with Gasteiger partial charge in [-0.1, -0.05) is 0 Å². The van der Waals surface area contributed by atoms with E-state index in [1.54, 1.807) is 0 Å². The maximum Gasteiger partial charge on any atom is 0.326 e. The van der Waals surface area contributed by atoms with E-state index in [2.05, 4.69) is 5.32 Å². The highest BCUT2D eigenvalue weighted by molar-refractivity contribution is 5.81. The van der Waals surface area contributed by atoms with Crippen molar-refractivity contribution < 1.29 is 19.0 Å². The molecule has 0 spiro atoms. The number of ether oxygens (including phenoxy) is 3. The predicted octanol–water partition coefficient (Wildman–Crippen LogP) is 1.79. The molecule has 0 amide bonds. The van der Waals surface area contributed by atoms with E-state index in [4.69, 9.17) is 14.2 Å². The molecular weight excluding hydrogens is 270 g/mol. The van der Waals surface area contributed by atoms with Crippen molar-refractivity contribution in [3.63, 3.8) is 0 Å². The van der Waals surface area contributed by atoms with Crippen LogP contribution in [0.25, 0.3) is 0 Å². The lowest BCUT2D eigenvalue weighted by Gasteiger charge is -2.28. The molecule has 0 aromatic heterocycles. The predicted molar refractivity (Wildman–Crippen MR) is 78.1 cm³/mol. The molecule has 0 radical (unpaired) electrons. The molecule has 1 saturated heterocycles. The molecule has 0 aromatic rings. The van der Waals surface area contributed by atoms with Gasteiger partial charge in [-0.3, -0.25) is 10.1 Å². The summed E-state index contributed by atoms with van der Waals surface area (Å²) in [6.07, 6.45) is 7.43. The van der Waals surface area contributed by atoms with Gasteiger partial charge in [0.1, 0.15) is 5.54 Å². The molecule has 2 aliphatic carbocycles. The molecule has 1 N–H and O–H groups in total. The average Bonchev–Trinajstić information content (AvgIpc) is 2.98. The lowest BCUT2D eigenvalue weighted by atomic mass is 9.97. The van der Waals surface area contributed by atoms with E-state index in [1.165, 1.54) is 12.8 Å². The van der Waals surface area contributed by atoms with Crippen LogP contribution < -0.4 is 5.32 Å². The van der Waals surface area contributed by atoms with Crippen molar-refractivity contribution in [1.82, 2.24) is 5.32 Å². The fourth-order valence-electron chi connectivity index (χ4n) is 3.42. The van der Waals surface area contributed by atoms with Crippen LogP contribution in [0.1, 0.15) is 51.9 Å². The summed E-state index contributed by atoms with van der Waals surface area (Å²) in [6, 6.07) is 0.492. The number of carbonyl (C=O) groups excluding carboxylic acids is 1. The van der Waals surface area contributed by atoms with Crippen LogP contribution in [0.3, 0.4) is 0 Å². The fourth-order valence-corrected chi connectivity index (χ4v) is 3.42. The zero-order chi connectivity index (χ0) is 14.7. The van der Waals surface area contributed by atoms with Crippen LogP contribution in [0.2, 0.25) is 0 Å². The van der Waals surface area contributed by atoms with E-state index < -0.39 is 5.54 Å². The van der Waals surface area contributed by atoms with Gasteiger partial charge in [-0.25, -0.2) is 0 Å². The van der Waals surface area contributed by atoms with E-state index in [0.29, 0.717) is 19.3 Å². The van der Waals surface area contributed by atoms with E-state index >= 15 is 0 Å². The Morgan fingerprint density at radius 3 is 2.86 bits per heavy atom. The molecule has 120 valence electrons. The van der Waals surface area contributed by atoms with Gasteiger partial charge < -0.3 is 14.2 Å². The summed E-state index contributed by atoms with van der Waals surface area (Å²) in [6.45, 7) is 3.82. The molecule has 0 aromatic carbocycles. The van der Waals surface area contributed by atoms with Gasteiger partial charge in [-0.15, -0.1) is 0 Å². The Balaban J connectivity index is 1.53. The van der Waals surface area contributed by atoms with Crippen molar-refractivity contribution in [1.29, 1.82) is 0 Å². The number of hydrogen-bond donors (Lipinski definition) is 1. The number of carbonyl (C=O) groups is 1. The first-order valence-electron chi connectivity index (χ1n) is 8.40. The second-order valence-electron chi connectivity index (χ2n) is 6.55. The Morgan fingerprint density at radius 1 is 1.33 bits per heavy atom.